The van der Waals surface area contributed by atoms with Gasteiger partial charge in [0.1, 0.15) is 0 Å². The van der Waals surface area contributed by atoms with Crippen LogP contribution in [0.1, 0.15) is 66.2 Å². The second-order valence-electron chi connectivity index (χ2n) is 7.44. The minimum absolute atomic E-state index is 0.0527. The zero-order valence-electron chi connectivity index (χ0n) is 13.1. The molecule has 3 heteroatoms. The van der Waals surface area contributed by atoms with Gasteiger partial charge in [-0.15, -0.1) is 6.58 Å². The van der Waals surface area contributed by atoms with Crippen molar-refractivity contribution in [2.24, 2.45) is 5.41 Å². The molecular weight excluding hydrogens is 235 g/mol. The zero-order chi connectivity index (χ0) is 14.1. The fourth-order valence-corrected chi connectivity index (χ4v) is 3.50. The standard InChI is InChI=1S/C16H29BO2/c1-6-10-16(11-8-7-9-12-16)13-17-18-14(2,3)15(4,5)19-17/h6H,1,7-13H2,2-5H3. The molecular formula is C16H29BO2. The minimum Gasteiger partial charge on any atom is -0.403 e. The van der Waals surface area contributed by atoms with Gasteiger partial charge in [-0.25, -0.2) is 0 Å². The predicted octanol–water partition coefficient (Wildman–Crippen LogP) is 4.61. The fourth-order valence-electron chi connectivity index (χ4n) is 3.50. The molecule has 0 aromatic rings. The van der Waals surface area contributed by atoms with Crippen molar-refractivity contribution in [3.63, 3.8) is 0 Å². The third-order valence-corrected chi connectivity index (χ3v) is 5.39. The number of allylic oxidation sites excluding steroid dienone is 1. The lowest BCUT2D eigenvalue weighted by molar-refractivity contribution is 0.00578. The van der Waals surface area contributed by atoms with Crippen LogP contribution in [0.4, 0.5) is 0 Å². The lowest BCUT2D eigenvalue weighted by Gasteiger charge is -2.37. The van der Waals surface area contributed by atoms with Crippen LogP contribution >= 0.6 is 0 Å². The van der Waals surface area contributed by atoms with Crippen LogP contribution in [-0.4, -0.2) is 18.3 Å². The Labute approximate surface area is 119 Å². The molecule has 0 radical (unpaired) electrons. The summed E-state index contributed by atoms with van der Waals surface area (Å²) in [7, 11) is -0.0527. The van der Waals surface area contributed by atoms with E-state index in [0.29, 0.717) is 5.41 Å². The largest absolute Gasteiger partial charge is 0.458 e. The molecule has 0 amide bonds. The van der Waals surface area contributed by atoms with Gasteiger partial charge in [0.15, 0.2) is 0 Å². The lowest BCUT2D eigenvalue weighted by Crippen LogP contribution is -2.41. The molecule has 0 N–H and O–H groups in total. The molecule has 2 aliphatic rings. The zero-order valence-corrected chi connectivity index (χ0v) is 13.1. The highest BCUT2D eigenvalue weighted by atomic mass is 16.7. The van der Waals surface area contributed by atoms with E-state index in [1.54, 1.807) is 0 Å². The van der Waals surface area contributed by atoms with Crippen molar-refractivity contribution in [1.82, 2.24) is 0 Å². The van der Waals surface area contributed by atoms with E-state index in [9.17, 15) is 0 Å². The lowest BCUT2D eigenvalue weighted by atomic mass is 9.60. The summed E-state index contributed by atoms with van der Waals surface area (Å²) < 4.78 is 12.4. The van der Waals surface area contributed by atoms with Gasteiger partial charge in [-0.05, 0) is 58.7 Å². The molecule has 0 aromatic heterocycles. The Kier molecular flexibility index (Phi) is 4.18. The monoisotopic (exact) mass is 264 g/mol. The van der Waals surface area contributed by atoms with Gasteiger partial charge in [0.05, 0.1) is 11.2 Å². The first-order valence-corrected chi connectivity index (χ1v) is 7.77. The van der Waals surface area contributed by atoms with Crippen LogP contribution in [0, 0.1) is 5.41 Å². The molecule has 1 saturated heterocycles. The van der Waals surface area contributed by atoms with Crippen LogP contribution in [0.15, 0.2) is 12.7 Å². The maximum absolute atomic E-state index is 6.18. The highest BCUT2D eigenvalue weighted by Crippen LogP contribution is 2.47. The maximum Gasteiger partial charge on any atom is 0.458 e. The van der Waals surface area contributed by atoms with Gasteiger partial charge >= 0.3 is 7.12 Å². The van der Waals surface area contributed by atoms with E-state index in [4.69, 9.17) is 9.31 Å². The second-order valence-corrected chi connectivity index (χ2v) is 7.44. The molecule has 0 bridgehead atoms. The van der Waals surface area contributed by atoms with Crippen molar-refractivity contribution in [2.75, 3.05) is 0 Å². The Balaban J connectivity index is 2.05. The average Bonchev–Trinajstić information content (AvgIpc) is 2.47. The first-order valence-electron chi connectivity index (χ1n) is 7.77. The van der Waals surface area contributed by atoms with Crippen molar-refractivity contribution in [2.45, 2.75) is 83.7 Å². The summed E-state index contributed by atoms with van der Waals surface area (Å²) in [6, 6.07) is 0. The maximum atomic E-state index is 6.18. The van der Waals surface area contributed by atoms with E-state index < -0.39 is 0 Å². The fraction of sp³-hybridized carbons (Fsp3) is 0.875. The smallest absolute Gasteiger partial charge is 0.403 e. The van der Waals surface area contributed by atoms with E-state index in [2.05, 4.69) is 40.3 Å². The van der Waals surface area contributed by atoms with E-state index >= 15 is 0 Å². The van der Waals surface area contributed by atoms with Crippen molar-refractivity contribution in [3.8, 4) is 0 Å². The summed E-state index contributed by atoms with van der Waals surface area (Å²) in [6.45, 7) is 12.5. The van der Waals surface area contributed by atoms with Gasteiger partial charge in [-0.1, -0.05) is 25.3 Å². The predicted molar refractivity (Wildman–Crippen MR) is 81.2 cm³/mol. The third kappa shape index (κ3) is 3.08. The highest BCUT2D eigenvalue weighted by Gasteiger charge is 2.53. The molecule has 2 nitrogen and oxygen atoms in total. The number of rotatable bonds is 4. The molecule has 1 heterocycles. The van der Waals surface area contributed by atoms with Crippen LogP contribution in [0.2, 0.25) is 6.32 Å². The van der Waals surface area contributed by atoms with Crippen LogP contribution in [-0.2, 0) is 9.31 Å². The molecule has 1 saturated carbocycles. The molecule has 19 heavy (non-hydrogen) atoms. The summed E-state index contributed by atoms with van der Waals surface area (Å²) in [4.78, 5) is 0. The van der Waals surface area contributed by atoms with E-state index in [1.807, 2.05) is 0 Å². The Bertz CT molecular complexity index is 314. The van der Waals surface area contributed by atoms with Crippen LogP contribution < -0.4 is 0 Å². The van der Waals surface area contributed by atoms with E-state index in [0.717, 1.165) is 12.7 Å². The Morgan fingerprint density at radius 2 is 1.53 bits per heavy atom. The quantitative estimate of drug-likeness (QED) is 0.545. The molecule has 0 aromatic carbocycles. The van der Waals surface area contributed by atoms with Gasteiger partial charge in [0, 0.05) is 0 Å². The summed E-state index contributed by atoms with van der Waals surface area (Å²) >= 11 is 0. The normalized spacial score (nSPS) is 28.3. The molecule has 2 fully saturated rings. The average molecular weight is 264 g/mol. The van der Waals surface area contributed by atoms with Gasteiger partial charge in [-0.2, -0.15) is 0 Å². The molecule has 1 aliphatic carbocycles. The van der Waals surface area contributed by atoms with Gasteiger partial charge in [0.25, 0.3) is 0 Å². The molecule has 0 spiro atoms. The van der Waals surface area contributed by atoms with Crippen molar-refractivity contribution < 1.29 is 9.31 Å². The van der Waals surface area contributed by atoms with E-state index in [-0.39, 0.29) is 18.3 Å². The molecule has 108 valence electrons. The summed E-state index contributed by atoms with van der Waals surface area (Å²) in [5.74, 6) is 0. The van der Waals surface area contributed by atoms with Crippen molar-refractivity contribution in [3.05, 3.63) is 12.7 Å². The van der Waals surface area contributed by atoms with Crippen LogP contribution in [0.3, 0.4) is 0 Å². The SMILES string of the molecule is C=CCC1(CB2OC(C)(C)C(C)(C)O2)CCCCC1. The highest BCUT2D eigenvalue weighted by molar-refractivity contribution is 6.45. The van der Waals surface area contributed by atoms with E-state index in [1.165, 1.54) is 32.1 Å². The Morgan fingerprint density at radius 1 is 1.00 bits per heavy atom. The van der Waals surface area contributed by atoms with Gasteiger partial charge in [-0.3, -0.25) is 0 Å². The summed E-state index contributed by atoms with van der Waals surface area (Å²) in [6.07, 6.45) is 10.8. The van der Waals surface area contributed by atoms with Gasteiger partial charge in [0.2, 0.25) is 0 Å². The first-order chi connectivity index (χ1) is 8.80. The van der Waals surface area contributed by atoms with Gasteiger partial charge < -0.3 is 9.31 Å². The second kappa shape index (κ2) is 5.25. The van der Waals surface area contributed by atoms with Crippen LogP contribution in [0.25, 0.3) is 0 Å². The third-order valence-electron chi connectivity index (χ3n) is 5.39. The Hall–Kier alpha value is -0.275. The number of hydrogen-bond donors (Lipinski definition) is 0. The van der Waals surface area contributed by atoms with Crippen LogP contribution in [0.5, 0.6) is 0 Å². The van der Waals surface area contributed by atoms with Crippen molar-refractivity contribution >= 4 is 7.12 Å². The summed E-state index contributed by atoms with van der Waals surface area (Å²) in [5.41, 5.74) is -0.0510. The Morgan fingerprint density at radius 3 is 2.00 bits per heavy atom. The molecule has 2 rings (SSSR count). The number of hydrogen-bond acceptors (Lipinski definition) is 2. The molecule has 0 atom stereocenters. The van der Waals surface area contributed by atoms with Crippen molar-refractivity contribution in [1.29, 1.82) is 0 Å². The first kappa shape index (κ1) is 15.1. The topological polar surface area (TPSA) is 18.5 Å². The summed E-state index contributed by atoms with van der Waals surface area (Å²) in [5, 5.41) is 0. The minimum atomic E-state index is -0.207. The molecule has 1 aliphatic heterocycles. The molecule has 0 unspecified atom stereocenters.